The average molecular weight is 370 g/mol. The predicted molar refractivity (Wildman–Crippen MR) is 83.3 cm³/mol. The molecule has 1 saturated heterocycles. The van der Waals surface area contributed by atoms with Crippen LogP contribution in [0.15, 0.2) is 22.7 Å². The lowest BCUT2D eigenvalue weighted by Crippen LogP contribution is -2.52. The Bertz CT molecular complexity index is 600. The van der Waals surface area contributed by atoms with Crippen LogP contribution in [-0.2, 0) is 9.59 Å². The molecule has 1 saturated carbocycles. The Balaban J connectivity index is 1.39. The number of hydrogen-bond donors (Lipinski definition) is 2. The number of benzene rings is 1. The van der Waals surface area contributed by atoms with Gasteiger partial charge in [-0.25, -0.2) is 4.39 Å². The maximum absolute atomic E-state index is 13.6. The topological polar surface area (TPSA) is 61.4 Å². The molecular formula is C15H17BrFN3O2. The van der Waals surface area contributed by atoms with E-state index in [0.29, 0.717) is 24.0 Å². The lowest BCUT2D eigenvalue weighted by molar-refractivity contribution is -0.140. The predicted octanol–water partition coefficient (Wildman–Crippen LogP) is 2.29. The average Bonchev–Trinajstić information content (AvgIpc) is 3.25. The number of likely N-dealkylation sites (tertiary alicyclic amines) is 1. The second-order valence-electron chi connectivity index (χ2n) is 5.88. The van der Waals surface area contributed by atoms with Gasteiger partial charge in [-0.2, -0.15) is 0 Å². The highest BCUT2D eigenvalue weighted by Gasteiger charge is 2.39. The van der Waals surface area contributed by atoms with Gasteiger partial charge in [0, 0.05) is 35.8 Å². The summed E-state index contributed by atoms with van der Waals surface area (Å²) in [6, 6.07) is 4.55. The van der Waals surface area contributed by atoms with Gasteiger partial charge < -0.3 is 4.90 Å². The molecule has 7 heteroatoms. The van der Waals surface area contributed by atoms with Crippen LogP contribution in [0.5, 0.6) is 0 Å². The Hall–Kier alpha value is -1.63. The molecule has 0 radical (unpaired) electrons. The molecule has 1 aromatic rings. The summed E-state index contributed by atoms with van der Waals surface area (Å²) >= 11 is 3.17. The molecule has 1 heterocycles. The van der Waals surface area contributed by atoms with Gasteiger partial charge >= 0.3 is 0 Å². The highest BCUT2D eigenvalue weighted by Crippen LogP contribution is 2.33. The van der Waals surface area contributed by atoms with Crippen LogP contribution in [0.4, 0.5) is 10.1 Å². The molecule has 0 bridgehead atoms. The molecule has 1 aliphatic heterocycles. The van der Waals surface area contributed by atoms with E-state index in [1.54, 1.807) is 12.1 Å². The van der Waals surface area contributed by atoms with Crippen molar-refractivity contribution in [3.05, 3.63) is 28.5 Å². The van der Waals surface area contributed by atoms with E-state index in [9.17, 15) is 14.0 Å². The molecule has 0 spiro atoms. The van der Waals surface area contributed by atoms with Crippen LogP contribution in [0.3, 0.4) is 0 Å². The summed E-state index contributed by atoms with van der Waals surface area (Å²) in [6.45, 7) is 1.30. The fourth-order valence-electron chi connectivity index (χ4n) is 2.51. The van der Waals surface area contributed by atoms with Crippen LogP contribution in [0, 0.1) is 17.7 Å². The lowest BCUT2D eigenvalue weighted by atomic mass is 9.95. The number of nitrogens with one attached hydrogen (secondary N) is 2. The summed E-state index contributed by atoms with van der Waals surface area (Å²) in [7, 11) is 0. The van der Waals surface area contributed by atoms with Gasteiger partial charge in [-0.1, -0.05) is 15.9 Å². The molecule has 118 valence electrons. The molecule has 0 unspecified atom stereocenters. The number of hydrazine groups is 1. The Morgan fingerprint density at radius 3 is 2.68 bits per heavy atom. The van der Waals surface area contributed by atoms with Gasteiger partial charge in [-0.3, -0.25) is 20.4 Å². The molecule has 22 heavy (non-hydrogen) atoms. The second kappa shape index (κ2) is 6.24. The van der Waals surface area contributed by atoms with Crippen molar-refractivity contribution in [1.82, 2.24) is 10.3 Å². The summed E-state index contributed by atoms with van der Waals surface area (Å²) in [5.74, 6) is 0.00756. The van der Waals surface area contributed by atoms with E-state index in [1.165, 1.54) is 6.07 Å². The fourth-order valence-corrected chi connectivity index (χ4v) is 2.84. The van der Waals surface area contributed by atoms with Gasteiger partial charge in [0.1, 0.15) is 5.82 Å². The Morgan fingerprint density at radius 1 is 1.32 bits per heavy atom. The fraction of sp³-hybridized carbons (Fsp3) is 0.467. The Kier molecular flexibility index (Phi) is 4.33. The van der Waals surface area contributed by atoms with Crippen LogP contribution in [0.2, 0.25) is 0 Å². The lowest BCUT2D eigenvalue weighted by Gasteiger charge is -2.39. The number of rotatable bonds is 5. The number of carbonyl (C=O) groups excluding carboxylic acids is 2. The first-order chi connectivity index (χ1) is 10.5. The SMILES string of the molecule is O=C(CC1CN(C(=O)C2CC2)C1)NNc1ccc(Br)cc1F. The monoisotopic (exact) mass is 369 g/mol. The van der Waals surface area contributed by atoms with Gasteiger partial charge in [0.05, 0.1) is 5.69 Å². The van der Waals surface area contributed by atoms with Gasteiger partial charge in [-0.05, 0) is 31.0 Å². The maximum atomic E-state index is 13.6. The second-order valence-corrected chi connectivity index (χ2v) is 6.80. The first-order valence-electron chi connectivity index (χ1n) is 7.31. The van der Waals surface area contributed by atoms with Crippen molar-refractivity contribution in [3.63, 3.8) is 0 Å². The number of hydrogen-bond acceptors (Lipinski definition) is 3. The van der Waals surface area contributed by atoms with Crippen molar-refractivity contribution in [2.45, 2.75) is 19.3 Å². The summed E-state index contributed by atoms with van der Waals surface area (Å²) in [5, 5.41) is 0. The largest absolute Gasteiger partial charge is 0.342 e. The summed E-state index contributed by atoms with van der Waals surface area (Å²) < 4.78 is 14.2. The minimum absolute atomic E-state index is 0.194. The normalized spacial score (nSPS) is 17.8. The van der Waals surface area contributed by atoms with Crippen molar-refractivity contribution < 1.29 is 14.0 Å². The van der Waals surface area contributed by atoms with E-state index in [0.717, 1.165) is 12.8 Å². The van der Waals surface area contributed by atoms with Crippen molar-refractivity contribution in [3.8, 4) is 0 Å². The van der Waals surface area contributed by atoms with Crippen LogP contribution < -0.4 is 10.9 Å². The van der Waals surface area contributed by atoms with Gasteiger partial charge in [-0.15, -0.1) is 0 Å². The zero-order chi connectivity index (χ0) is 15.7. The Labute approximate surface area is 136 Å². The van der Waals surface area contributed by atoms with Crippen LogP contribution in [0.1, 0.15) is 19.3 Å². The molecule has 2 aliphatic rings. The van der Waals surface area contributed by atoms with Gasteiger partial charge in [0.15, 0.2) is 0 Å². The number of anilines is 1. The minimum atomic E-state index is -0.445. The highest BCUT2D eigenvalue weighted by molar-refractivity contribution is 9.10. The van der Waals surface area contributed by atoms with E-state index in [2.05, 4.69) is 26.8 Å². The molecule has 2 fully saturated rings. The summed E-state index contributed by atoms with van der Waals surface area (Å²) in [4.78, 5) is 25.4. The van der Waals surface area contributed by atoms with Gasteiger partial charge in [0.2, 0.25) is 11.8 Å². The van der Waals surface area contributed by atoms with Crippen LogP contribution >= 0.6 is 15.9 Å². The van der Waals surface area contributed by atoms with Crippen molar-refractivity contribution in [1.29, 1.82) is 0 Å². The smallest absolute Gasteiger partial charge is 0.238 e. The van der Waals surface area contributed by atoms with Crippen molar-refractivity contribution in [2.75, 3.05) is 18.5 Å². The molecule has 5 nitrogen and oxygen atoms in total. The highest BCUT2D eigenvalue weighted by atomic mass is 79.9. The number of carbonyl (C=O) groups is 2. The van der Waals surface area contributed by atoms with Crippen molar-refractivity contribution in [2.24, 2.45) is 11.8 Å². The Morgan fingerprint density at radius 2 is 2.05 bits per heavy atom. The van der Waals surface area contributed by atoms with E-state index in [1.807, 2.05) is 4.90 Å². The summed E-state index contributed by atoms with van der Waals surface area (Å²) in [5.41, 5.74) is 5.29. The van der Waals surface area contributed by atoms with E-state index >= 15 is 0 Å². The third kappa shape index (κ3) is 3.58. The molecule has 2 N–H and O–H groups in total. The molecule has 2 amide bonds. The minimum Gasteiger partial charge on any atom is -0.342 e. The number of halogens is 2. The first kappa shape index (κ1) is 15.3. The standard InChI is InChI=1S/C15H17BrFN3O2/c16-11-3-4-13(12(17)6-11)18-19-14(21)5-9-7-20(8-9)15(22)10-1-2-10/h3-4,6,9-10,18H,1-2,5,7-8H2,(H,19,21). The molecule has 1 aliphatic carbocycles. The molecular weight excluding hydrogens is 353 g/mol. The quantitative estimate of drug-likeness (QED) is 0.782. The van der Waals surface area contributed by atoms with Crippen molar-refractivity contribution >= 4 is 33.4 Å². The first-order valence-corrected chi connectivity index (χ1v) is 8.11. The zero-order valence-corrected chi connectivity index (χ0v) is 13.5. The molecule has 0 aromatic heterocycles. The van der Waals surface area contributed by atoms with E-state index in [4.69, 9.17) is 0 Å². The van der Waals surface area contributed by atoms with Gasteiger partial charge in [0.25, 0.3) is 0 Å². The van der Waals surface area contributed by atoms with Crippen LogP contribution in [-0.4, -0.2) is 29.8 Å². The maximum Gasteiger partial charge on any atom is 0.238 e. The van der Waals surface area contributed by atoms with Crippen LogP contribution in [0.25, 0.3) is 0 Å². The summed E-state index contributed by atoms with van der Waals surface area (Å²) in [6.07, 6.45) is 2.34. The third-order valence-electron chi connectivity index (χ3n) is 3.94. The number of amides is 2. The van der Waals surface area contributed by atoms with E-state index in [-0.39, 0.29) is 29.3 Å². The number of nitrogens with zero attached hydrogens (tertiary/aromatic N) is 1. The van der Waals surface area contributed by atoms with E-state index < -0.39 is 5.82 Å². The third-order valence-corrected chi connectivity index (χ3v) is 4.43. The molecule has 1 aromatic carbocycles. The molecule has 0 atom stereocenters. The zero-order valence-electron chi connectivity index (χ0n) is 11.9. The molecule has 3 rings (SSSR count).